The Hall–Kier alpha value is -0.540. The van der Waals surface area contributed by atoms with E-state index in [1.165, 1.54) is 0 Å². The first-order chi connectivity index (χ1) is 8.46. The number of hydrogen-bond donors (Lipinski definition) is 1. The van der Waals surface area contributed by atoms with Gasteiger partial charge in [-0.25, -0.2) is 0 Å². The van der Waals surface area contributed by atoms with Crippen molar-refractivity contribution >= 4 is 33.4 Å². The molecular formula is C14H19BrClNO. The maximum absolute atomic E-state index is 12.0. The fourth-order valence-corrected chi connectivity index (χ4v) is 2.29. The first-order valence-electron chi connectivity index (χ1n) is 6.05. The zero-order chi connectivity index (χ0) is 13.6. The molecule has 0 aromatic heterocycles. The van der Waals surface area contributed by atoms with E-state index in [2.05, 4.69) is 35.1 Å². The Morgan fingerprint density at radius 1 is 1.39 bits per heavy atom. The molecule has 18 heavy (non-hydrogen) atoms. The van der Waals surface area contributed by atoms with E-state index in [1.807, 2.05) is 24.3 Å². The van der Waals surface area contributed by atoms with Gasteiger partial charge in [-0.3, -0.25) is 4.79 Å². The summed E-state index contributed by atoms with van der Waals surface area (Å²) in [5.74, 6) is 0.628. The number of amides is 1. The van der Waals surface area contributed by atoms with E-state index in [9.17, 15) is 4.79 Å². The zero-order valence-corrected chi connectivity index (χ0v) is 13.1. The van der Waals surface area contributed by atoms with Crippen LogP contribution in [0.1, 0.15) is 37.0 Å². The summed E-state index contributed by atoms with van der Waals surface area (Å²) in [6.45, 7) is 4.93. The maximum atomic E-state index is 12.0. The Labute approximate surface area is 122 Å². The third-order valence-corrected chi connectivity index (χ3v) is 3.79. The molecule has 1 rings (SSSR count). The SMILES string of the molecule is CC(C)(CCCCl)CNC(=O)c1ccccc1Br. The summed E-state index contributed by atoms with van der Waals surface area (Å²) in [4.78, 5) is 12.0. The van der Waals surface area contributed by atoms with Crippen molar-refractivity contribution in [3.8, 4) is 0 Å². The molecule has 2 nitrogen and oxygen atoms in total. The Balaban J connectivity index is 2.54. The quantitative estimate of drug-likeness (QED) is 0.776. The maximum Gasteiger partial charge on any atom is 0.252 e. The third kappa shape index (κ3) is 4.99. The number of alkyl halides is 1. The van der Waals surface area contributed by atoms with E-state index in [0.717, 1.165) is 17.3 Å². The molecule has 1 N–H and O–H groups in total. The van der Waals surface area contributed by atoms with Gasteiger partial charge in [-0.1, -0.05) is 26.0 Å². The molecule has 1 aromatic rings. The van der Waals surface area contributed by atoms with Gasteiger partial charge in [0, 0.05) is 16.9 Å². The minimum atomic E-state index is -0.0403. The highest BCUT2D eigenvalue weighted by atomic mass is 79.9. The molecule has 0 bridgehead atoms. The summed E-state index contributed by atoms with van der Waals surface area (Å²) in [7, 11) is 0. The van der Waals surface area contributed by atoms with Crippen LogP contribution in [0.2, 0.25) is 0 Å². The summed E-state index contributed by atoms with van der Waals surface area (Å²) in [6, 6.07) is 7.43. The largest absolute Gasteiger partial charge is 0.351 e. The van der Waals surface area contributed by atoms with Crippen LogP contribution in [0.5, 0.6) is 0 Å². The molecule has 1 amide bonds. The zero-order valence-electron chi connectivity index (χ0n) is 10.8. The molecule has 0 aliphatic carbocycles. The second-order valence-electron chi connectivity index (χ2n) is 5.12. The topological polar surface area (TPSA) is 29.1 Å². The summed E-state index contributed by atoms with van der Waals surface area (Å²) in [5.41, 5.74) is 0.747. The van der Waals surface area contributed by atoms with E-state index < -0.39 is 0 Å². The van der Waals surface area contributed by atoms with Crippen LogP contribution < -0.4 is 5.32 Å². The molecule has 0 atom stereocenters. The second kappa shape index (κ2) is 7.15. The van der Waals surface area contributed by atoms with Crippen molar-refractivity contribution in [1.29, 1.82) is 0 Å². The fraction of sp³-hybridized carbons (Fsp3) is 0.500. The first kappa shape index (κ1) is 15.5. The molecule has 0 fully saturated rings. The number of benzene rings is 1. The van der Waals surface area contributed by atoms with Crippen molar-refractivity contribution in [1.82, 2.24) is 5.32 Å². The number of halogens is 2. The highest BCUT2D eigenvalue weighted by Gasteiger charge is 2.19. The molecule has 0 saturated heterocycles. The normalized spacial score (nSPS) is 11.3. The van der Waals surface area contributed by atoms with E-state index in [1.54, 1.807) is 0 Å². The van der Waals surface area contributed by atoms with Crippen LogP contribution in [0.3, 0.4) is 0 Å². The second-order valence-corrected chi connectivity index (χ2v) is 6.35. The Bertz CT molecular complexity index is 407. The van der Waals surface area contributed by atoms with Crippen molar-refractivity contribution in [3.63, 3.8) is 0 Å². The molecule has 0 unspecified atom stereocenters. The van der Waals surface area contributed by atoms with Crippen LogP contribution >= 0.6 is 27.5 Å². The van der Waals surface area contributed by atoms with E-state index >= 15 is 0 Å². The van der Waals surface area contributed by atoms with Gasteiger partial charge in [0.15, 0.2) is 0 Å². The standard InChI is InChI=1S/C14H19BrClNO/c1-14(2,8-5-9-16)10-17-13(18)11-6-3-4-7-12(11)15/h3-4,6-7H,5,8-10H2,1-2H3,(H,17,18). The van der Waals surface area contributed by atoms with Gasteiger partial charge >= 0.3 is 0 Å². The molecule has 0 aliphatic rings. The lowest BCUT2D eigenvalue weighted by Gasteiger charge is -2.24. The van der Waals surface area contributed by atoms with Gasteiger partial charge in [-0.05, 0) is 46.3 Å². The van der Waals surface area contributed by atoms with Crippen LogP contribution in [0, 0.1) is 5.41 Å². The average molecular weight is 333 g/mol. The number of nitrogens with one attached hydrogen (secondary N) is 1. The molecular weight excluding hydrogens is 314 g/mol. The smallest absolute Gasteiger partial charge is 0.252 e. The summed E-state index contributed by atoms with van der Waals surface area (Å²) in [6.07, 6.45) is 1.98. The molecule has 4 heteroatoms. The predicted octanol–water partition coefficient (Wildman–Crippen LogP) is 4.22. The van der Waals surface area contributed by atoms with Crippen LogP contribution in [0.15, 0.2) is 28.7 Å². The molecule has 1 aromatic carbocycles. The highest BCUT2D eigenvalue weighted by Crippen LogP contribution is 2.22. The summed E-state index contributed by atoms with van der Waals surface area (Å²) < 4.78 is 0.820. The fourth-order valence-electron chi connectivity index (χ4n) is 1.69. The molecule has 0 spiro atoms. The molecule has 0 radical (unpaired) electrons. The van der Waals surface area contributed by atoms with Crippen molar-refractivity contribution in [2.24, 2.45) is 5.41 Å². The molecule has 0 heterocycles. The molecule has 0 aliphatic heterocycles. The molecule has 0 saturated carbocycles. The van der Waals surface area contributed by atoms with Gasteiger partial charge in [0.1, 0.15) is 0 Å². The van der Waals surface area contributed by atoms with E-state index in [0.29, 0.717) is 18.0 Å². The summed E-state index contributed by atoms with van der Waals surface area (Å²) >= 11 is 9.07. The van der Waals surface area contributed by atoms with Crippen molar-refractivity contribution in [3.05, 3.63) is 34.3 Å². The van der Waals surface area contributed by atoms with E-state index in [4.69, 9.17) is 11.6 Å². The van der Waals surface area contributed by atoms with Gasteiger partial charge in [0.25, 0.3) is 5.91 Å². The van der Waals surface area contributed by atoms with Crippen molar-refractivity contribution in [2.45, 2.75) is 26.7 Å². The van der Waals surface area contributed by atoms with Gasteiger partial charge < -0.3 is 5.32 Å². The number of hydrogen-bond acceptors (Lipinski definition) is 1. The highest BCUT2D eigenvalue weighted by molar-refractivity contribution is 9.10. The lowest BCUT2D eigenvalue weighted by atomic mass is 9.88. The van der Waals surface area contributed by atoms with Crippen LogP contribution in [0.4, 0.5) is 0 Å². The third-order valence-electron chi connectivity index (χ3n) is 2.83. The predicted molar refractivity (Wildman–Crippen MR) is 80.2 cm³/mol. The van der Waals surface area contributed by atoms with Crippen LogP contribution in [-0.4, -0.2) is 18.3 Å². The van der Waals surface area contributed by atoms with Gasteiger partial charge in [-0.2, -0.15) is 0 Å². The van der Waals surface area contributed by atoms with Gasteiger partial charge in [0.2, 0.25) is 0 Å². The lowest BCUT2D eigenvalue weighted by molar-refractivity contribution is 0.0934. The Morgan fingerprint density at radius 2 is 2.06 bits per heavy atom. The van der Waals surface area contributed by atoms with Crippen molar-refractivity contribution in [2.75, 3.05) is 12.4 Å². The van der Waals surface area contributed by atoms with Crippen LogP contribution in [-0.2, 0) is 0 Å². The lowest BCUT2D eigenvalue weighted by Crippen LogP contribution is -2.34. The monoisotopic (exact) mass is 331 g/mol. The minimum absolute atomic E-state index is 0.0403. The Morgan fingerprint density at radius 3 is 2.67 bits per heavy atom. The van der Waals surface area contributed by atoms with Crippen molar-refractivity contribution < 1.29 is 4.79 Å². The first-order valence-corrected chi connectivity index (χ1v) is 7.38. The number of carbonyl (C=O) groups excluding carboxylic acids is 1. The van der Waals surface area contributed by atoms with Gasteiger partial charge in [-0.15, -0.1) is 11.6 Å². The Kier molecular flexibility index (Phi) is 6.16. The molecule has 100 valence electrons. The summed E-state index contributed by atoms with van der Waals surface area (Å²) in [5, 5.41) is 2.98. The van der Waals surface area contributed by atoms with E-state index in [-0.39, 0.29) is 11.3 Å². The average Bonchev–Trinajstić information content (AvgIpc) is 2.34. The number of carbonyl (C=O) groups is 1. The number of rotatable bonds is 6. The van der Waals surface area contributed by atoms with Crippen LogP contribution in [0.25, 0.3) is 0 Å². The minimum Gasteiger partial charge on any atom is -0.351 e. The van der Waals surface area contributed by atoms with Gasteiger partial charge in [0.05, 0.1) is 5.56 Å².